The Hall–Kier alpha value is -2.04. The molecule has 1 atom stereocenters. The Kier molecular flexibility index (Phi) is 5.54. The van der Waals surface area contributed by atoms with Crippen LogP contribution in [0.2, 0.25) is 10.0 Å². The van der Waals surface area contributed by atoms with Crippen LogP contribution in [0.25, 0.3) is 0 Å². The van der Waals surface area contributed by atoms with Crippen molar-refractivity contribution >= 4 is 35.0 Å². The van der Waals surface area contributed by atoms with Gasteiger partial charge in [0.15, 0.2) is 5.78 Å². The van der Waals surface area contributed by atoms with Crippen molar-refractivity contribution in [1.29, 1.82) is 0 Å². The van der Waals surface area contributed by atoms with Crippen LogP contribution in [0.5, 0.6) is 0 Å². The van der Waals surface area contributed by atoms with E-state index in [2.05, 4.69) is 11.9 Å². The number of carbonyl (C=O) groups excluding carboxylic acids is 2. The highest BCUT2D eigenvalue weighted by Crippen LogP contribution is 2.45. The summed E-state index contributed by atoms with van der Waals surface area (Å²) < 4.78 is 5.27. The molecule has 0 saturated heterocycles. The molecule has 1 heterocycles. The first kappa shape index (κ1) is 18.7. The molecule has 1 aromatic rings. The molecular formula is C20H19Cl2NO3. The molecule has 1 aliphatic heterocycles. The summed E-state index contributed by atoms with van der Waals surface area (Å²) in [4.78, 5) is 25.5. The van der Waals surface area contributed by atoms with E-state index >= 15 is 0 Å². The Morgan fingerprint density at radius 3 is 2.88 bits per heavy atom. The van der Waals surface area contributed by atoms with Gasteiger partial charge in [0.25, 0.3) is 0 Å². The molecule has 1 aromatic carbocycles. The van der Waals surface area contributed by atoms with Crippen molar-refractivity contribution in [3.8, 4) is 0 Å². The quantitative estimate of drug-likeness (QED) is 0.597. The van der Waals surface area contributed by atoms with Crippen molar-refractivity contribution in [2.24, 2.45) is 0 Å². The third-order valence-corrected chi connectivity index (χ3v) is 5.45. The minimum atomic E-state index is -0.595. The predicted octanol–water partition coefficient (Wildman–Crippen LogP) is 4.69. The Morgan fingerprint density at radius 1 is 1.38 bits per heavy atom. The first-order valence-corrected chi connectivity index (χ1v) is 9.17. The lowest BCUT2D eigenvalue weighted by Crippen LogP contribution is -2.34. The van der Waals surface area contributed by atoms with Crippen LogP contribution in [-0.2, 0) is 14.3 Å². The second-order valence-corrected chi connectivity index (χ2v) is 7.08. The van der Waals surface area contributed by atoms with E-state index in [1.807, 2.05) is 0 Å². The van der Waals surface area contributed by atoms with Gasteiger partial charge in [0.1, 0.15) is 6.61 Å². The van der Waals surface area contributed by atoms with E-state index < -0.39 is 11.9 Å². The number of hydrogen-bond acceptors (Lipinski definition) is 4. The first-order valence-electron chi connectivity index (χ1n) is 8.41. The number of dihydropyridines is 1. The number of esters is 1. The molecule has 0 bridgehead atoms. The summed E-state index contributed by atoms with van der Waals surface area (Å²) in [5.74, 6) is -1.08. The van der Waals surface area contributed by atoms with Crippen LogP contribution in [0.15, 0.2) is 53.4 Å². The monoisotopic (exact) mass is 391 g/mol. The lowest BCUT2D eigenvalue weighted by Gasteiger charge is -2.34. The fourth-order valence-electron chi connectivity index (χ4n) is 3.52. The Bertz CT molecular complexity index is 855. The SMILES string of the molecule is C=CCOC(=O)C1=C(C)NC2=C(C(=O)CCC2)C1c1cccc(Cl)c1Cl. The summed E-state index contributed by atoms with van der Waals surface area (Å²) in [7, 11) is 0. The highest BCUT2D eigenvalue weighted by atomic mass is 35.5. The molecule has 1 N–H and O–H groups in total. The maximum absolute atomic E-state index is 12.8. The molecule has 1 unspecified atom stereocenters. The number of carbonyl (C=O) groups is 2. The van der Waals surface area contributed by atoms with Crippen LogP contribution in [-0.4, -0.2) is 18.4 Å². The molecule has 1 aliphatic carbocycles. The highest BCUT2D eigenvalue weighted by molar-refractivity contribution is 6.42. The molecule has 136 valence electrons. The zero-order chi connectivity index (χ0) is 18.8. The normalized spacial score (nSPS) is 19.8. The zero-order valence-electron chi connectivity index (χ0n) is 14.4. The predicted molar refractivity (Wildman–Crippen MR) is 102 cm³/mol. The molecule has 3 rings (SSSR count). The van der Waals surface area contributed by atoms with Gasteiger partial charge in [-0.05, 0) is 31.4 Å². The molecule has 0 spiro atoms. The van der Waals surface area contributed by atoms with E-state index in [1.165, 1.54) is 6.08 Å². The smallest absolute Gasteiger partial charge is 0.337 e. The average molecular weight is 392 g/mol. The van der Waals surface area contributed by atoms with Gasteiger partial charge < -0.3 is 10.1 Å². The third kappa shape index (κ3) is 3.31. The average Bonchev–Trinajstić information content (AvgIpc) is 2.61. The van der Waals surface area contributed by atoms with Gasteiger partial charge in [0, 0.05) is 29.3 Å². The number of rotatable bonds is 4. The summed E-state index contributed by atoms with van der Waals surface area (Å²) >= 11 is 12.6. The number of nitrogens with one attached hydrogen (secondary N) is 1. The number of benzene rings is 1. The van der Waals surface area contributed by atoms with Gasteiger partial charge >= 0.3 is 5.97 Å². The van der Waals surface area contributed by atoms with Crippen molar-refractivity contribution in [1.82, 2.24) is 5.32 Å². The van der Waals surface area contributed by atoms with Crippen LogP contribution >= 0.6 is 23.2 Å². The standard InChI is InChI=1S/C20H19Cl2NO3/c1-3-10-26-20(25)16-11(2)23-14-8-5-9-15(24)18(14)17(16)12-6-4-7-13(21)19(12)22/h3-4,6-7,17,23H,1,5,8-10H2,2H3. The molecular weight excluding hydrogens is 373 g/mol. The van der Waals surface area contributed by atoms with Crippen LogP contribution < -0.4 is 5.32 Å². The van der Waals surface area contributed by atoms with Crippen molar-refractivity contribution in [3.05, 3.63) is 69.0 Å². The maximum atomic E-state index is 12.8. The topological polar surface area (TPSA) is 55.4 Å². The van der Waals surface area contributed by atoms with Crippen LogP contribution in [0.1, 0.15) is 37.7 Å². The Balaban J connectivity index is 2.19. The molecule has 6 heteroatoms. The van der Waals surface area contributed by atoms with Crippen molar-refractivity contribution in [3.63, 3.8) is 0 Å². The van der Waals surface area contributed by atoms with Crippen LogP contribution in [0.4, 0.5) is 0 Å². The molecule has 0 aromatic heterocycles. The second-order valence-electron chi connectivity index (χ2n) is 6.30. The zero-order valence-corrected chi connectivity index (χ0v) is 15.9. The van der Waals surface area contributed by atoms with Crippen molar-refractivity contribution in [2.45, 2.75) is 32.1 Å². The summed E-state index contributed by atoms with van der Waals surface area (Å²) in [6.45, 7) is 5.46. The molecule has 0 saturated carbocycles. The number of allylic oxidation sites excluding steroid dienone is 3. The molecule has 0 radical (unpaired) electrons. The van der Waals surface area contributed by atoms with Crippen LogP contribution in [0.3, 0.4) is 0 Å². The van der Waals surface area contributed by atoms with E-state index in [0.717, 1.165) is 18.5 Å². The largest absolute Gasteiger partial charge is 0.458 e. The first-order chi connectivity index (χ1) is 12.5. The summed E-state index contributed by atoms with van der Waals surface area (Å²) in [6.07, 6.45) is 3.48. The number of Topliss-reactive ketones (excluding diaryl/α,β-unsaturated/α-hetero) is 1. The van der Waals surface area contributed by atoms with Crippen molar-refractivity contribution in [2.75, 3.05) is 6.61 Å². The molecule has 0 fully saturated rings. The van der Waals surface area contributed by atoms with Gasteiger partial charge in [-0.3, -0.25) is 4.79 Å². The molecule has 26 heavy (non-hydrogen) atoms. The lowest BCUT2D eigenvalue weighted by atomic mass is 9.75. The van der Waals surface area contributed by atoms with E-state index in [0.29, 0.717) is 38.9 Å². The van der Waals surface area contributed by atoms with E-state index in [1.54, 1.807) is 25.1 Å². The minimum Gasteiger partial charge on any atom is -0.458 e. The number of hydrogen-bond donors (Lipinski definition) is 1. The minimum absolute atomic E-state index is 0.0151. The van der Waals surface area contributed by atoms with Gasteiger partial charge in [-0.25, -0.2) is 4.79 Å². The maximum Gasteiger partial charge on any atom is 0.337 e. The number of halogens is 2. The van der Waals surface area contributed by atoms with Gasteiger partial charge in [-0.2, -0.15) is 0 Å². The van der Waals surface area contributed by atoms with Gasteiger partial charge in [0.05, 0.1) is 15.6 Å². The van der Waals surface area contributed by atoms with Gasteiger partial charge in [-0.1, -0.05) is 48.0 Å². The second kappa shape index (κ2) is 7.68. The molecule has 2 aliphatic rings. The summed E-state index contributed by atoms with van der Waals surface area (Å²) in [5, 5.41) is 3.95. The molecule has 0 amide bonds. The van der Waals surface area contributed by atoms with Gasteiger partial charge in [0.2, 0.25) is 0 Å². The third-order valence-electron chi connectivity index (χ3n) is 4.62. The number of ether oxygens (including phenoxy) is 1. The van der Waals surface area contributed by atoms with Crippen molar-refractivity contribution < 1.29 is 14.3 Å². The number of ketones is 1. The van der Waals surface area contributed by atoms with E-state index in [-0.39, 0.29) is 12.4 Å². The Labute approximate surface area is 162 Å². The summed E-state index contributed by atoms with van der Waals surface area (Å²) in [5.41, 5.74) is 3.10. The lowest BCUT2D eigenvalue weighted by molar-refractivity contribution is -0.138. The Morgan fingerprint density at radius 2 is 2.15 bits per heavy atom. The van der Waals surface area contributed by atoms with E-state index in [4.69, 9.17) is 27.9 Å². The van der Waals surface area contributed by atoms with E-state index in [9.17, 15) is 9.59 Å². The molecule has 4 nitrogen and oxygen atoms in total. The van der Waals surface area contributed by atoms with Crippen LogP contribution in [0, 0.1) is 0 Å². The fraction of sp³-hybridized carbons (Fsp3) is 0.300. The fourth-order valence-corrected chi connectivity index (χ4v) is 3.94. The highest BCUT2D eigenvalue weighted by Gasteiger charge is 2.40. The van der Waals surface area contributed by atoms with Gasteiger partial charge in [-0.15, -0.1) is 0 Å². The summed E-state index contributed by atoms with van der Waals surface area (Å²) in [6, 6.07) is 5.24.